The topological polar surface area (TPSA) is 94.5 Å². The highest BCUT2D eigenvalue weighted by Gasteiger charge is 2.06. The van der Waals surface area contributed by atoms with E-state index in [9.17, 15) is 4.79 Å². The van der Waals surface area contributed by atoms with Crippen molar-refractivity contribution in [3.8, 4) is 0 Å². The zero-order valence-corrected chi connectivity index (χ0v) is 12.8. The number of rotatable bonds is 5. The van der Waals surface area contributed by atoms with E-state index in [1.165, 1.54) is 0 Å². The molecule has 0 unspecified atom stereocenters. The van der Waals surface area contributed by atoms with E-state index in [2.05, 4.69) is 15.6 Å². The molecule has 1 amide bonds. The molecule has 116 valence electrons. The van der Waals surface area contributed by atoms with Crippen molar-refractivity contribution in [2.24, 2.45) is 17.9 Å². The van der Waals surface area contributed by atoms with Crippen molar-refractivity contribution >= 4 is 17.4 Å². The minimum absolute atomic E-state index is 0.174. The van der Waals surface area contributed by atoms with Crippen LogP contribution in [0.25, 0.3) is 0 Å². The Kier molecular flexibility index (Phi) is 4.77. The third kappa shape index (κ3) is 4.08. The van der Waals surface area contributed by atoms with Gasteiger partial charge in [-0.05, 0) is 25.5 Å². The average Bonchev–Trinajstić information content (AvgIpc) is 2.88. The fourth-order valence-corrected chi connectivity index (χ4v) is 1.91. The van der Waals surface area contributed by atoms with Gasteiger partial charge >= 0.3 is 0 Å². The monoisotopic (exact) mass is 301 g/mol. The van der Waals surface area contributed by atoms with Gasteiger partial charge in [0.2, 0.25) is 0 Å². The Morgan fingerprint density at radius 1 is 1.45 bits per heavy atom. The van der Waals surface area contributed by atoms with Gasteiger partial charge in [-0.2, -0.15) is 5.10 Å². The summed E-state index contributed by atoms with van der Waals surface area (Å²) in [6.45, 7) is 3.72. The Bertz CT molecular complexity index is 706. The number of hydrogen-bond acceptors (Lipinski definition) is 4. The van der Waals surface area contributed by atoms with Gasteiger partial charge in [0.15, 0.2) is 12.4 Å². The number of benzene rings is 1. The first-order chi connectivity index (χ1) is 10.5. The maximum absolute atomic E-state index is 11.8. The molecule has 0 spiro atoms. The molecule has 0 bridgehead atoms. The molecule has 0 aliphatic heterocycles. The summed E-state index contributed by atoms with van der Waals surface area (Å²) in [5.41, 5.74) is 9.25. The van der Waals surface area contributed by atoms with Crippen molar-refractivity contribution in [2.45, 2.75) is 13.8 Å². The molecule has 0 radical (unpaired) electrons. The standard InChI is InChI=1S/C15H19N5O2/c1-10-4-5-13(11(2)6-10)18-14(21)9-22-19-15(16)12-7-17-20(3)8-12/h4-8H,9H2,1-3H3,(H2,16,19)(H,18,21). The fourth-order valence-electron chi connectivity index (χ4n) is 1.91. The second-order valence-electron chi connectivity index (χ2n) is 5.02. The highest BCUT2D eigenvalue weighted by atomic mass is 16.6. The van der Waals surface area contributed by atoms with E-state index < -0.39 is 0 Å². The molecular formula is C15H19N5O2. The summed E-state index contributed by atoms with van der Waals surface area (Å²) in [5.74, 6) is -0.123. The summed E-state index contributed by atoms with van der Waals surface area (Å²) in [6.07, 6.45) is 3.27. The van der Waals surface area contributed by atoms with Crippen LogP contribution in [-0.2, 0) is 16.7 Å². The van der Waals surface area contributed by atoms with Crippen molar-refractivity contribution < 1.29 is 9.63 Å². The predicted octanol–water partition coefficient (Wildman–Crippen LogP) is 1.31. The number of hydrogen-bond donors (Lipinski definition) is 2. The number of nitrogens with one attached hydrogen (secondary N) is 1. The first-order valence-electron chi connectivity index (χ1n) is 6.77. The largest absolute Gasteiger partial charge is 0.384 e. The lowest BCUT2D eigenvalue weighted by Gasteiger charge is -2.08. The summed E-state index contributed by atoms with van der Waals surface area (Å²) >= 11 is 0. The van der Waals surface area contributed by atoms with Crippen LogP contribution in [0, 0.1) is 13.8 Å². The average molecular weight is 301 g/mol. The van der Waals surface area contributed by atoms with Crippen molar-refractivity contribution in [1.29, 1.82) is 0 Å². The van der Waals surface area contributed by atoms with E-state index in [-0.39, 0.29) is 18.3 Å². The van der Waals surface area contributed by atoms with Gasteiger partial charge in [-0.15, -0.1) is 0 Å². The molecule has 3 N–H and O–H groups in total. The summed E-state index contributed by atoms with van der Waals surface area (Å²) in [4.78, 5) is 16.8. The molecule has 0 aliphatic carbocycles. The second-order valence-corrected chi connectivity index (χ2v) is 5.02. The van der Waals surface area contributed by atoms with E-state index in [4.69, 9.17) is 10.6 Å². The zero-order chi connectivity index (χ0) is 16.1. The van der Waals surface area contributed by atoms with Gasteiger partial charge < -0.3 is 15.9 Å². The van der Waals surface area contributed by atoms with Crippen molar-refractivity contribution in [2.75, 3.05) is 11.9 Å². The molecule has 7 heteroatoms. The summed E-state index contributed by atoms with van der Waals surface area (Å²) in [7, 11) is 1.77. The van der Waals surface area contributed by atoms with Crippen LogP contribution in [0.2, 0.25) is 0 Å². The second kappa shape index (κ2) is 6.75. The quantitative estimate of drug-likeness (QED) is 0.494. The Morgan fingerprint density at radius 2 is 2.23 bits per heavy atom. The van der Waals surface area contributed by atoms with Crippen LogP contribution in [0.3, 0.4) is 0 Å². The van der Waals surface area contributed by atoms with Crippen LogP contribution in [0.15, 0.2) is 35.7 Å². The SMILES string of the molecule is Cc1ccc(NC(=O)CO/N=C(/N)c2cnn(C)c2)c(C)c1. The van der Waals surface area contributed by atoms with Gasteiger partial charge in [0.25, 0.3) is 5.91 Å². The molecule has 0 saturated carbocycles. The minimum atomic E-state index is -0.297. The number of nitrogens with two attached hydrogens (primary N) is 1. The van der Waals surface area contributed by atoms with Crippen LogP contribution < -0.4 is 11.1 Å². The molecule has 0 atom stereocenters. The molecule has 1 aromatic heterocycles. The van der Waals surface area contributed by atoms with Gasteiger partial charge in [0, 0.05) is 18.9 Å². The number of oxime groups is 1. The molecule has 1 aromatic carbocycles. The Hall–Kier alpha value is -2.83. The number of aryl methyl sites for hydroxylation is 3. The number of carbonyl (C=O) groups is 1. The zero-order valence-electron chi connectivity index (χ0n) is 12.8. The number of aromatic nitrogens is 2. The van der Waals surface area contributed by atoms with Crippen LogP contribution in [-0.4, -0.2) is 28.1 Å². The van der Waals surface area contributed by atoms with Crippen molar-refractivity contribution in [1.82, 2.24) is 9.78 Å². The van der Waals surface area contributed by atoms with Gasteiger partial charge in [-0.25, -0.2) is 0 Å². The number of carbonyl (C=O) groups excluding carboxylic acids is 1. The molecule has 1 heterocycles. The molecule has 0 saturated heterocycles. The Balaban J connectivity index is 1.87. The van der Waals surface area contributed by atoms with Gasteiger partial charge in [0.1, 0.15) is 0 Å². The van der Waals surface area contributed by atoms with Crippen molar-refractivity contribution in [3.05, 3.63) is 47.3 Å². The van der Waals surface area contributed by atoms with E-state index in [1.54, 1.807) is 24.1 Å². The first-order valence-corrected chi connectivity index (χ1v) is 6.77. The first kappa shape index (κ1) is 15.6. The third-order valence-corrected chi connectivity index (χ3v) is 3.02. The van der Waals surface area contributed by atoms with Crippen LogP contribution in [0.5, 0.6) is 0 Å². The molecule has 0 aliphatic rings. The van der Waals surface area contributed by atoms with E-state index >= 15 is 0 Å². The van der Waals surface area contributed by atoms with Gasteiger partial charge in [0.05, 0.1) is 11.8 Å². The lowest BCUT2D eigenvalue weighted by molar-refractivity contribution is -0.120. The van der Waals surface area contributed by atoms with E-state index in [0.29, 0.717) is 5.56 Å². The summed E-state index contributed by atoms with van der Waals surface area (Å²) in [5, 5.41) is 10.4. The highest BCUT2D eigenvalue weighted by molar-refractivity contribution is 5.96. The van der Waals surface area contributed by atoms with Crippen molar-refractivity contribution in [3.63, 3.8) is 0 Å². The maximum atomic E-state index is 11.8. The van der Waals surface area contributed by atoms with E-state index in [0.717, 1.165) is 16.8 Å². The number of amides is 1. The molecule has 0 fully saturated rings. The fraction of sp³-hybridized carbons (Fsp3) is 0.267. The maximum Gasteiger partial charge on any atom is 0.265 e. The normalized spacial score (nSPS) is 11.3. The lowest BCUT2D eigenvalue weighted by Crippen LogP contribution is -2.19. The Morgan fingerprint density at radius 3 is 2.86 bits per heavy atom. The van der Waals surface area contributed by atoms with Crippen LogP contribution in [0.4, 0.5) is 5.69 Å². The van der Waals surface area contributed by atoms with Crippen LogP contribution in [0.1, 0.15) is 16.7 Å². The number of nitrogens with zero attached hydrogens (tertiary/aromatic N) is 3. The summed E-state index contributed by atoms with van der Waals surface area (Å²) in [6, 6.07) is 5.78. The summed E-state index contributed by atoms with van der Waals surface area (Å²) < 4.78 is 1.60. The van der Waals surface area contributed by atoms with E-state index in [1.807, 2.05) is 32.0 Å². The number of amidine groups is 1. The molecule has 22 heavy (non-hydrogen) atoms. The molecular weight excluding hydrogens is 282 g/mol. The smallest absolute Gasteiger partial charge is 0.265 e. The van der Waals surface area contributed by atoms with Gasteiger partial charge in [-0.3, -0.25) is 9.48 Å². The third-order valence-electron chi connectivity index (χ3n) is 3.02. The Labute approximate surface area is 128 Å². The van der Waals surface area contributed by atoms with Crippen LogP contribution >= 0.6 is 0 Å². The highest BCUT2D eigenvalue weighted by Crippen LogP contribution is 2.15. The number of anilines is 1. The molecule has 7 nitrogen and oxygen atoms in total. The molecule has 2 aromatic rings. The van der Waals surface area contributed by atoms with Gasteiger partial charge in [-0.1, -0.05) is 22.9 Å². The molecule has 2 rings (SSSR count). The lowest BCUT2D eigenvalue weighted by atomic mass is 10.1. The minimum Gasteiger partial charge on any atom is -0.384 e. The predicted molar refractivity (Wildman–Crippen MR) is 84.4 cm³/mol.